The van der Waals surface area contributed by atoms with Crippen molar-refractivity contribution < 1.29 is 4.79 Å². The van der Waals surface area contributed by atoms with E-state index in [4.69, 9.17) is 0 Å². The fraction of sp³-hybridized carbons (Fsp3) is 0.667. The second-order valence-electron chi connectivity index (χ2n) is 4.23. The van der Waals surface area contributed by atoms with Gasteiger partial charge in [-0.15, -0.1) is 0 Å². The maximum Gasteiger partial charge on any atom is 0.234 e. The van der Waals surface area contributed by atoms with E-state index in [2.05, 4.69) is 22.5 Å². The number of hydrogen-bond donors (Lipinski definition) is 2. The molecular formula is C12H22N4O. The lowest BCUT2D eigenvalue weighted by atomic mass is 10.2. The van der Waals surface area contributed by atoms with Gasteiger partial charge in [0.1, 0.15) is 0 Å². The first-order valence-electron chi connectivity index (χ1n) is 6.18. The predicted octanol–water partition coefficient (Wildman–Crippen LogP) is 0.777. The summed E-state index contributed by atoms with van der Waals surface area (Å²) < 4.78 is 1.98. The lowest BCUT2D eigenvalue weighted by Crippen LogP contribution is -2.39. The van der Waals surface area contributed by atoms with Crippen LogP contribution in [0.1, 0.15) is 26.7 Å². The summed E-state index contributed by atoms with van der Waals surface area (Å²) in [4.78, 5) is 15.4. The molecule has 0 spiro atoms. The van der Waals surface area contributed by atoms with Gasteiger partial charge in [-0.25, -0.2) is 4.98 Å². The normalized spacial score (nSPS) is 12.4. The number of nitrogens with zero attached hydrogens (tertiary/aromatic N) is 2. The number of nitrogens with one attached hydrogen (secondary N) is 2. The maximum absolute atomic E-state index is 11.5. The molecule has 5 heteroatoms. The average molecular weight is 238 g/mol. The number of aromatic nitrogens is 2. The molecule has 0 fully saturated rings. The van der Waals surface area contributed by atoms with Gasteiger partial charge in [-0.05, 0) is 13.3 Å². The Morgan fingerprint density at radius 2 is 2.35 bits per heavy atom. The molecule has 0 radical (unpaired) electrons. The monoisotopic (exact) mass is 238 g/mol. The van der Waals surface area contributed by atoms with Crippen LogP contribution in [0.25, 0.3) is 0 Å². The standard InChI is InChI=1S/C12H22N4O/c1-3-4-11(2)15-12(17)9-13-5-7-16-8-6-14-10-16/h6,8,10-11,13H,3-5,7,9H2,1-2H3,(H,15,17). The number of hydrogen-bond acceptors (Lipinski definition) is 3. The van der Waals surface area contributed by atoms with Gasteiger partial charge in [-0.1, -0.05) is 13.3 Å². The van der Waals surface area contributed by atoms with E-state index in [0.717, 1.165) is 25.9 Å². The van der Waals surface area contributed by atoms with Crippen molar-refractivity contribution in [1.29, 1.82) is 0 Å². The van der Waals surface area contributed by atoms with Crippen LogP contribution in [0.2, 0.25) is 0 Å². The minimum atomic E-state index is 0.0663. The molecule has 0 bridgehead atoms. The fourth-order valence-electron chi connectivity index (χ4n) is 1.66. The molecule has 0 aliphatic rings. The molecule has 17 heavy (non-hydrogen) atoms. The topological polar surface area (TPSA) is 59.0 Å². The third-order valence-corrected chi connectivity index (χ3v) is 2.52. The number of rotatable bonds is 8. The van der Waals surface area contributed by atoms with E-state index in [1.54, 1.807) is 12.5 Å². The molecule has 1 atom stereocenters. The van der Waals surface area contributed by atoms with Crippen LogP contribution in [0.15, 0.2) is 18.7 Å². The molecule has 0 saturated heterocycles. The van der Waals surface area contributed by atoms with Crippen LogP contribution in [0.3, 0.4) is 0 Å². The molecule has 1 rings (SSSR count). The average Bonchev–Trinajstić information content (AvgIpc) is 2.77. The summed E-state index contributed by atoms with van der Waals surface area (Å²) in [5.41, 5.74) is 0. The van der Waals surface area contributed by atoms with E-state index in [1.807, 2.05) is 17.7 Å². The van der Waals surface area contributed by atoms with Crippen LogP contribution < -0.4 is 10.6 Å². The highest BCUT2D eigenvalue weighted by molar-refractivity contribution is 5.78. The number of amides is 1. The van der Waals surface area contributed by atoms with Crippen molar-refractivity contribution in [2.24, 2.45) is 0 Å². The fourth-order valence-corrected chi connectivity index (χ4v) is 1.66. The molecular weight excluding hydrogens is 216 g/mol. The van der Waals surface area contributed by atoms with Crippen LogP contribution in [0.5, 0.6) is 0 Å². The zero-order valence-electron chi connectivity index (χ0n) is 10.6. The second kappa shape index (κ2) is 7.84. The van der Waals surface area contributed by atoms with E-state index < -0.39 is 0 Å². The van der Waals surface area contributed by atoms with Crippen molar-refractivity contribution in [3.05, 3.63) is 18.7 Å². The molecule has 0 aliphatic carbocycles. The Kier molecular flexibility index (Phi) is 6.32. The molecule has 0 aliphatic heterocycles. The van der Waals surface area contributed by atoms with Gasteiger partial charge in [0.15, 0.2) is 0 Å². The van der Waals surface area contributed by atoms with E-state index in [0.29, 0.717) is 6.54 Å². The van der Waals surface area contributed by atoms with E-state index in [-0.39, 0.29) is 11.9 Å². The number of carbonyl (C=O) groups excluding carboxylic acids is 1. The van der Waals surface area contributed by atoms with Gasteiger partial charge in [0.25, 0.3) is 0 Å². The summed E-state index contributed by atoms with van der Waals surface area (Å²) >= 11 is 0. The Labute approximate surface area is 103 Å². The largest absolute Gasteiger partial charge is 0.353 e. The number of carbonyl (C=O) groups is 1. The minimum Gasteiger partial charge on any atom is -0.353 e. The second-order valence-corrected chi connectivity index (χ2v) is 4.23. The molecule has 5 nitrogen and oxygen atoms in total. The lowest BCUT2D eigenvalue weighted by Gasteiger charge is -2.13. The third-order valence-electron chi connectivity index (χ3n) is 2.52. The summed E-state index contributed by atoms with van der Waals surface area (Å²) in [7, 11) is 0. The molecule has 0 saturated carbocycles. The van der Waals surface area contributed by atoms with Crippen LogP contribution in [-0.2, 0) is 11.3 Å². The molecule has 1 aromatic heterocycles. The van der Waals surface area contributed by atoms with Crippen molar-refractivity contribution in [3.8, 4) is 0 Å². The number of imidazole rings is 1. The highest BCUT2D eigenvalue weighted by Gasteiger charge is 2.05. The third kappa shape index (κ3) is 6.06. The summed E-state index contributed by atoms with van der Waals surface area (Å²) in [5, 5.41) is 6.06. The molecule has 1 amide bonds. The first kappa shape index (κ1) is 13.7. The molecule has 1 aromatic rings. The lowest BCUT2D eigenvalue weighted by molar-refractivity contribution is -0.120. The van der Waals surface area contributed by atoms with Crippen molar-refractivity contribution in [2.75, 3.05) is 13.1 Å². The van der Waals surface area contributed by atoms with Gasteiger partial charge < -0.3 is 15.2 Å². The van der Waals surface area contributed by atoms with E-state index >= 15 is 0 Å². The predicted molar refractivity (Wildman–Crippen MR) is 67.6 cm³/mol. The van der Waals surface area contributed by atoms with Gasteiger partial charge in [-0.3, -0.25) is 4.79 Å². The van der Waals surface area contributed by atoms with Gasteiger partial charge in [0.05, 0.1) is 12.9 Å². The van der Waals surface area contributed by atoms with Gasteiger partial charge in [-0.2, -0.15) is 0 Å². The Balaban J connectivity index is 2.04. The zero-order valence-corrected chi connectivity index (χ0v) is 10.6. The van der Waals surface area contributed by atoms with E-state index in [9.17, 15) is 4.79 Å². The molecule has 2 N–H and O–H groups in total. The van der Waals surface area contributed by atoms with Crippen LogP contribution in [0, 0.1) is 0 Å². The highest BCUT2D eigenvalue weighted by atomic mass is 16.1. The van der Waals surface area contributed by atoms with Gasteiger partial charge in [0, 0.05) is 31.5 Å². The first-order valence-corrected chi connectivity index (χ1v) is 6.18. The Hall–Kier alpha value is -1.36. The summed E-state index contributed by atoms with van der Waals surface area (Å²) in [5.74, 6) is 0.0663. The quantitative estimate of drug-likeness (QED) is 0.658. The van der Waals surface area contributed by atoms with Crippen LogP contribution in [-0.4, -0.2) is 34.6 Å². The Morgan fingerprint density at radius 1 is 1.53 bits per heavy atom. The molecule has 1 unspecified atom stereocenters. The maximum atomic E-state index is 11.5. The zero-order chi connectivity index (χ0) is 12.5. The smallest absolute Gasteiger partial charge is 0.234 e. The van der Waals surface area contributed by atoms with Crippen molar-refractivity contribution >= 4 is 5.91 Å². The highest BCUT2D eigenvalue weighted by Crippen LogP contribution is 1.93. The SMILES string of the molecule is CCCC(C)NC(=O)CNCCn1ccnc1. The van der Waals surface area contributed by atoms with Gasteiger partial charge in [0.2, 0.25) is 5.91 Å². The molecule has 1 heterocycles. The Morgan fingerprint density at radius 3 is 3.00 bits per heavy atom. The van der Waals surface area contributed by atoms with Crippen LogP contribution >= 0.6 is 0 Å². The van der Waals surface area contributed by atoms with Crippen molar-refractivity contribution in [1.82, 2.24) is 20.2 Å². The molecule has 0 aromatic carbocycles. The van der Waals surface area contributed by atoms with E-state index in [1.165, 1.54) is 0 Å². The summed E-state index contributed by atoms with van der Waals surface area (Å²) in [6.07, 6.45) is 7.55. The first-order chi connectivity index (χ1) is 8.22. The van der Waals surface area contributed by atoms with Crippen molar-refractivity contribution in [2.45, 2.75) is 39.3 Å². The minimum absolute atomic E-state index is 0.0663. The molecule has 96 valence electrons. The van der Waals surface area contributed by atoms with Gasteiger partial charge >= 0.3 is 0 Å². The summed E-state index contributed by atoms with van der Waals surface area (Å²) in [6, 6.07) is 0.267. The van der Waals surface area contributed by atoms with Crippen molar-refractivity contribution in [3.63, 3.8) is 0 Å². The Bertz CT molecular complexity index is 310. The van der Waals surface area contributed by atoms with Crippen LogP contribution in [0.4, 0.5) is 0 Å². The summed E-state index contributed by atoms with van der Waals surface area (Å²) in [6.45, 7) is 6.13.